The normalized spacial score (nSPS) is 11.2. The number of hydrogen-bond donors (Lipinski definition) is 4. The Bertz CT molecular complexity index is 436. The van der Waals surface area contributed by atoms with E-state index in [0.717, 1.165) is 5.56 Å². The zero-order valence-corrected chi connectivity index (χ0v) is 9.28. The van der Waals surface area contributed by atoms with Crippen LogP contribution in [0.5, 0.6) is 0 Å². The van der Waals surface area contributed by atoms with Crippen molar-refractivity contribution in [2.75, 3.05) is 0 Å². The van der Waals surface area contributed by atoms with Gasteiger partial charge >= 0.3 is 0 Å². The lowest BCUT2D eigenvalue weighted by Gasteiger charge is -2.03. The Balaban J connectivity index is 3.12. The number of halogens is 1. The first-order chi connectivity index (χ1) is 7.52. The molecule has 0 spiro atoms. The molecule has 0 aromatic heterocycles. The van der Waals surface area contributed by atoms with Crippen LogP contribution in [0.1, 0.15) is 5.56 Å². The van der Waals surface area contributed by atoms with Crippen LogP contribution >= 0.6 is 11.6 Å². The van der Waals surface area contributed by atoms with E-state index in [1.54, 1.807) is 18.2 Å². The molecule has 1 aromatic rings. The predicted molar refractivity (Wildman–Crippen MR) is 66.4 cm³/mol. The molecule has 0 aliphatic heterocycles. The maximum absolute atomic E-state index is 5.83. The number of rotatable bonds is 2. The van der Waals surface area contributed by atoms with Crippen molar-refractivity contribution in [2.45, 2.75) is 6.54 Å². The molecule has 0 bridgehead atoms. The Labute approximate surface area is 98.0 Å². The van der Waals surface area contributed by atoms with Crippen LogP contribution in [0.25, 0.3) is 0 Å². The molecule has 6 nitrogen and oxygen atoms in total. The van der Waals surface area contributed by atoms with Gasteiger partial charge in [-0.05, 0) is 17.7 Å². The largest absolute Gasteiger partial charge is 0.370 e. The lowest BCUT2D eigenvalue weighted by atomic mass is 10.2. The summed E-state index contributed by atoms with van der Waals surface area (Å²) in [5.74, 6) is -0.199. The first kappa shape index (κ1) is 12.3. The van der Waals surface area contributed by atoms with Crippen LogP contribution in [-0.2, 0) is 6.54 Å². The lowest BCUT2D eigenvalue weighted by molar-refractivity contribution is 1.07. The Morgan fingerprint density at radius 1 is 1.25 bits per heavy atom. The van der Waals surface area contributed by atoms with Gasteiger partial charge in [0.1, 0.15) is 0 Å². The molecule has 0 heterocycles. The zero-order valence-electron chi connectivity index (χ0n) is 8.52. The summed E-state index contributed by atoms with van der Waals surface area (Å²) in [7, 11) is 0. The summed E-state index contributed by atoms with van der Waals surface area (Å²) in [6, 6.07) is 5.13. The first-order valence-corrected chi connectivity index (χ1v) is 4.83. The van der Waals surface area contributed by atoms with E-state index in [-0.39, 0.29) is 11.9 Å². The first-order valence-electron chi connectivity index (χ1n) is 4.45. The highest BCUT2D eigenvalue weighted by molar-refractivity contribution is 6.30. The highest BCUT2D eigenvalue weighted by Gasteiger charge is 2.01. The second-order valence-electron chi connectivity index (χ2n) is 2.98. The van der Waals surface area contributed by atoms with Gasteiger partial charge in [0.25, 0.3) is 0 Å². The van der Waals surface area contributed by atoms with Crippen LogP contribution in [0.3, 0.4) is 0 Å². The second-order valence-corrected chi connectivity index (χ2v) is 3.42. The minimum absolute atomic E-state index is 0.0445. The summed E-state index contributed by atoms with van der Waals surface area (Å²) in [6.45, 7) is 0.325. The molecule has 0 atom stereocenters. The summed E-state index contributed by atoms with van der Waals surface area (Å²) in [5, 5.41) is 0.536. The topological polar surface area (TPSA) is 129 Å². The summed E-state index contributed by atoms with van der Waals surface area (Å²) < 4.78 is 0. The lowest BCUT2D eigenvalue weighted by Crippen LogP contribution is -2.26. The predicted octanol–water partition coefficient (Wildman–Crippen LogP) is 0.0183. The van der Waals surface area contributed by atoms with Gasteiger partial charge in [-0.15, -0.1) is 0 Å². The van der Waals surface area contributed by atoms with Crippen LogP contribution in [0.2, 0.25) is 5.02 Å². The van der Waals surface area contributed by atoms with E-state index in [1.165, 1.54) is 0 Å². The number of hydrogen-bond acceptors (Lipinski definition) is 2. The third kappa shape index (κ3) is 3.41. The summed E-state index contributed by atoms with van der Waals surface area (Å²) >= 11 is 5.83. The summed E-state index contributed by atoms with van der Waals surface area (Å²) in [6.07, 6.45) is 0. The van der Waals surface area contributed by atoms with Gasteiger partial charge in [0.2, 0.25) is 5.96 Å². The number of aliphatic imine (C=N–C) groups is 2. The molecule has 0 radical (unpaired) electrons. The summed E-state index contributed by atoms with van der Waals surface area (Å²) in [4.78, 5) is 7.61. The van der Waals surface area contributed by atoms with Crippen molar-refractivity contribution >= 4 is 29.2 Å². The van der Waals surface area contributed by atoms with Crippen molar-refractivity contribution in [2.24, 2.45) is 32.9 Å². The fourth-order valence-electron chi connectivity index (χ4n) is 1.09. The second kappa shape index (κ2) is 5.34. The molecule has 0 aliphatic carbocycles. The Morgan fingerprint density at radius 2 is 1.94 bits per heavy atom. The highest BCUT2D eigenvalue weighted by Crippen LogP contribution is 2.23. The average molecular weight is 241 g/mol. The number of benzene rings is 1. The van der Waals surface area contributed by atoms with Crippen molar-refractivity contribution in [3.8, 4) is 0 Å². The fourth-order valence-corrected chi connectivity index (χ4v) is 1.26. The Kier molecular flexibility index (Phi) is 4.10. The third-order valence-corrected chi connectivity index (χ3v) is 1.98. The van der Waals surface area contributed by atoms with Gasteiger partial charge in [-0.2, -0.15) is 4.99 Å². The van der Waals surface area contributed by atoms with Gasteiger partial charge in [-0.1, -0.05) is 17.7 Å². The van der Waals surface area contributed by atoms with E-state index in [4.69, 9.17) is 34.5 Å². The van der Waals surface area contributed by atoms with E-state index in [2.05, 4.69) is 9.98 Å². The molecule has 8 N–H and O–H groups in total. The molecule has 0 fully saturated rings. The van der Waals surface area contributed by atoms with E-state index >= 15 is 0 Å². The van der Waals surface area contributed by atoms with Gasteiger partial charge in [-0.3, -0.25) is 0 Å². The van der Waals surface area contributed by atoms with Crippen LogP contribution in [-0.4, -0.2) is 11.9 Å². The van der Waals surface area contributed by atoms with Gasteiger partial charge in [-0.25, -0.2) is 4.99 Å². The minimum Gasteiger partial charge on any atom is -0.370 e. The zero-order chi connectivity index (χ0) is 12.1. The molecule has 16 heavy (non-hydrogen) atoms. The van der Waals surface area contributed by atoms with E-state index in [1.807, 2.05) is 0 Å². The van der Waals surface area contributed by atoms with Crippen LogP contribution < -0.4 is 22.9 Å². The molecule has 0 amide bonds. The van der Waals surface area contributed by atoms with Crippen molar-refractivity contribution in [1.82, 2.24) is 0 Å². The van der Waals surface area contributed by atoms with E-state index in [9.17, 15) is 0 Å². The molecular formula is C9H13ClN6. The molecular weight excluding hydrogens is 228 g/mol. The van der Waals surface area contributed by atoms with Gasteiger partial charge in [0.15, 0.2) is 5.96 Å². The molecule has 86 valence electrons. The standard InChI is InChI=1S/C9H13ClN6/c10-6-2-1-5(4-11)7(3-6)15-9(14)16-8(12)13/h1-3H,4,11H2,(H6,12,13,14,15,16). The van der Waals surface area contributed by atoms with Crippen molar-refractivity contribution in [1.29, 1.82) is 0 Å². The van der Waals surface area contributed by atoms with Crippen LogP contribution in [0.15, 0.2) is 28.2 Å². The van der Waals surface area contributed by atoms with Crippen LogP contribution in [0, 0.1) is 0 Å². The van der Waals surface area contributed by atoms with Gasteiger partial charge in [0, 0.05) is 11.6 Å². The molecule has 7 heteroatoms. The SMILES string of the molecule is NCc1ccc(Cl)cc1N=C(N)N=C(N)N. The number of guanidine groups is 2. The Morgan fingerprint density at radius 3 is 2.50 bits per heavy atom. The smallest absolute Gasteiger partial charge is 0.223 e. The average Bonchev–Trinajstić information content (AvgIpc) is 2.16. The molecule has 1 rings (SSSR count). The van der Waals surface area contributed by atoms with Gasteiger partial charge in [0.05, 0.1) is 5.69 Å². The third-order valence-electron chi connectivity index (χ3n) is 1.75. The molecule has 0 aliphatic rings. The maximum atomic E-state index is 5.83. The molecule has 0 saturated carbocycles. The fraction of sp³-hybridized carbons (Fsp3) is 0.111. The van der Waals surface area contributed by atoms with E-state index in [0.29, 0.717) is 17.3 Å². The Hall–Kier alpha value is -1.79. The quantitative estimate of drug-likeness (QED) is 0.429. The maximum Gasteiger partial charge on any atom is 0.223 e. The number of nitrogens with zero attached hydrogens (tertiary/aromatic N) is 2. The minimum atomic E-state index is -0.155. The van der Waals surface area contributed by atoms with Gasteiger partial charge < -0.3 is 22.9 Å². The number of nitrogens with two attached hydrogens (primary N) is 4. The molecule has 1 aromatic carbocycles. The highest BCUT2D eigenvalue weighted by atomic mass is 35.5. The van der Waals surface area contributed by atoms with Crippen LogP contribution in [0.4, 0.5) is 5.69 Å². The summed E-state index contributed by atoms with van der Waals surface area (Å²) in [5.41, 5.74) is 22.7. The van der Waals surface area contributed by atoms with Crippen molar-refractivity contribution < 1.29 is 0 Å². The molecule has 0 unspecified atom stereocenters. The molecule has 0 saturated heterocycles. The van der Waals surface area contributed by atoms with Crippen molar-refractivity contribution in [3.05, 3.63) is 28.8 Å². The van der Waals surface area contributed by atoms with Crippen molar-refractivity contribution in [3.63, 3.8) is 0 Å². The van der Waals surface area contributed by atoms with E-state index < -0.39 is 0 Å². The monoisotopic (exact) mass is 240 g/mol.